The number of benzene rings is 1. The van der Waals surface area contributed by atoms with E-state index in [0.717, 1.165) is 24.0 Å². The third kappa shape index (κ3) is 5.49. The monoisotopic (exact) mass is 378 g/mol. The van der Waals surface area contributed by atoms with E-state index in [9.17, 15) is 9.59 Å². The van der Waals surface area contributed by atoms with E-state index in [1.165, 1.54) is 6.92 Å². The lowest BCUT2D eigenvalue weighted by Gasteiger charge is -2.34. The fourth-order valence-corrected chi connectivity index (χ4v) is 3.30. The average molecular weight is 379 g/mol. The second kappa shape index (κ2) is 8.12. The Labute approximate surface area is 160 Å². The zero-order chi connectivity index (χ0) is 19.5. The quantitative estimate of drug-likeness (QED) is 0.838. The van der Waals surface area contributed by atoms with Crippen LogP contribution in [0.3, 0.4) is 0 Å². The Balaban J connectivity index is 2.11. The van der Waals surface area contributed by atoms with Gasteiger partial charge in [-0.15, -0.1) is 0 Å². The first-order valence-electron chi connectivity index (χ1n) is 8.81. The molecule has 0 unspecified atom stereocenters. The van der Waals surface area contributed by atoms with E-state index in [1.54, 1.807) is 4.90 Å². The minimum Gasteiger partial charge on any atom is -0.444 e. The van der Waals surface area contributed by atoms with Crippen molar-refractivity contribution in [3.05, 3.63) is 40.9 Å². The lowest BCUT2D eigenvalue weighted by atomic mass is 9.86. The van der Waals surface area contributed by atoms with E-state index < -0.39 is 5.60 Å². The van der Waals surface area contributed by atoms with E-state index in [4.69, 9.17) is 16.3 Å². The van der Waals surface area contributed by atoms with Gasteiger partial charge in [-0.05, 0) is 57.2 Å². The third-order valence-corrected chi connectivity index (χ3v) is 4.49. The zero-order valence-corrected chi connectivity index (χ0v) is 16.7. The summed E-state index contributed by atoms with van der Waals surface area (Å²) in [7, 11) is 0. The number of hydrogen-bond acceptors (Lipinski definition) is 3. The van der Waals surface area contributed by atoms with Crippen LogP contribution in [0.4, 0.5) is 4.79 Å². The predicted molar refractivity (Wildman–Crippen MR) is 104 cm³/mol. The van der Waals surface area contributed by atoms with E-state index >= 15 is 0 Å². The van der Waals surface area contributed by atoms with E-state index in [-0.39, 0.29) is 17.9 Å². The zero-order valence-electron chi connectivity index (χ0n) is 15.9. The summed E-state index contributed by atoms with van der Waals surface area (Å²) >= 11 is 6.14. The molecule has 5 nitrogen and oxygen atoms in total. The highest BCUT2D eigenvalue weighted by Gasteiger charge is 2.28. The van der Waals surface area contributed by atoms with Crippen LogP contribution in [0, 0.1) is 0 Å². The summed E-state index contributed by atoms with van der Waals surface area (Å²) in [5, 5.41) is 3.34. The molecule has 1 aliphatic rings. The second-order valence-electron chi connectivity index (χ2n) is 7.63. The summed E-state index contributed by atoms with van der Waals surface area (Å²) in [6.45, 7) is 12.3. The van der Waals surface area contributed by atoms with Gasteiger partial charge in [0.1, 0.15) is 5.60 Å². The fourth-order valence-electron chi connectivity index (χ4n) is 3.13. The van der Waals surface area contributed by atoms with Crippen LogP contribution in [-0.4, -0.2) is 35.6 Å². The molecule has 26 heavy (non-hydrogen) atoms. The molecule has 0 aliphatic carbocycles. The van der Waals surface area contributed by atoms with Crippen molar-refractivity contribution < 1.29 is 14.3 Å². The van der Waals surface area contributed by atoms with Crippen LogP contribution in [0.2, 0.25) is 5.02 Å². The number of piperidine rings is 1. The molecule has 142 valence electrons. The van der Waals surface area contributed by atoms with Crippen molar-refractivity contribution in [2.75, 3.05) is 13.1 Å². The number of amides is 2. The van der Waals surface area contributed by atoms with Gasteiger partial charge >= 0.3 is 6.09 Å². The molecule has 1 aliphatic heterocycles. The second-order valence-corrected chi connectivity index (χ2v) is 8.07. The van der Waals surface area contributed by atoms with Gasteiger partial charge in [-0.1, -0.05) is 24.2 Å². The molecular formula is C20H27ClN2O3. The Hall–Kier alpha value is -2.01. The molecule has 0 atom stereocenters. The molecule has 0 aromatic heterocycles. The highest BCUT2D eigenvalue weighted by molar-refractivity contribution is 6.30. The molecule has 1 fully saturated rings. The van der Waals surface area contributed by atoms with Crippen LogP contribution >= 0.6 is 11.6 Å². The molecule has 1 aromatic rings. The van der Waals surface area contributed by atoms with E-state index in [0.29, 0.717) is 23.8 Å². The van der Waals surface area contributed by atoms with Crippen LogP contribution < -0.4 is 5.32 Å². The normalized spacial score (nSPS) is 15.5. The van der Waals surface area contributed by atoms with Gasteiger partial charge in [-0.25, -0.2) is 4.79 Å². The molecule has 1 aromatic carbocycles. The SMILES string of the molecule is C=C(NC(C)=O)c1cc(Cl)ccc1C1CCN(C(=O)OC(C)(C)C)CC1. The first-order valence-corrected chi connectivity index (χ1v) is 9.19. The Morgan fingerprint density at radius 3 is 2.42 bits per heavy atom. The lowest BCUT2D eigenvalue weighted by molar-refractivity contribution is -0.117. The molecule has 0 bridgehead atoms. The van der Waals surface area contributed by atoms with Crippen molar-refractivity contribution in [3.63, 3.8) is 0 Å². The molecule has 0 spiro atoms. The lowest BCUT2D eigenvalue weighted by Crippen LogP contribution is -2.41. The summed E-state index contributed by atoms with van der Waals surface area (Å²) in [6, 6.07) is 5.66. The van der Waals surface area contributed by atoms with Gasteiger partial charge in [-0.2, -0.15) is 0 Å². The van der Waals surface area contributed by atoms with E-state index in [1.807, 2.05) is 39.0 Å². The van der Waals surface area contributed by atoms with Gasteiger partial charge in [0.2, 0.25) is 5.91 Å². The summed E-state index contributed by atoms with van der Waals surface area (Å²) in [4.78, 5) is 25.3. The van der Waals surface area contributed by atoms with Gasteiger partial charge in [0, 0.05) is 36.3 Å². The molecule has 6 heteroatoms. The number of nitrogens with zero attached hydrogens (tertiary/aromatic N) is 1. The van der Waals surface area contributed by atoms with Gasteiger partial charge in [0.25, 0.3) is 0 Å². The highest BCUT2D eigenvalue weighted by atomic mass is 35.5. The van der Waals surface area contributed by atoms with Gasteiger partial charge < -0.3 is 15.0 Å². The maximum Gasteiger partial charge on any atom is 0.410 e. The van der Waals surface area contributed by atoms with Crippen LogP contribution in [0.25, 0.3) is 5.70 Å². The largest absolute Gasteiger partial charge is 0.444 e. The predicted octanol–water partition coefficient (Wildman–Crippen LogP) is 4.56. The van der Waals surface area contributed by atoms with Gasteiger partial charge in [0.05, 0.1) is 0 Å². The Bertz CT molecular complexity index is 701. The van der Waals surface area contributed by atoms with Gasteiger partial charge in [0.15, 0.2) is 0 Å². The van der Waals surface area contributed by atoms with Crippen molar-refractivity contribution >= 4 is 29.3 Å². The number of carbonyl (C=O) groups excluding carboxylic acids is 2. The first-order chi connectivity index (χ1) is 12.1. The number of carbonyl (C=O) groups is 2. The molecule has 1 saturated heterocycles. The summed E-state index contributed by atoms with van der Waals surface area (Å²) in [5.41, 5.74) is 2.00. The van der Waals surface area contributed by atoms with Crippen LogP contribution in [0.1, 0.15) is 57.6 Å². The topological polar surface area (TPSA) is 58.6 Å². The Morgan fingerprint density at radius 2 is 1.88 bits per heavy atom. The van der Waals surface area contributed by atoms with Crippen LogP contribution in [0.5, 0.6) is 0 Å². The fraction of sp³-hybridized carbons (Fsp3) is 0.500. The van der Waals surface area contributed by atoms with Crippen molar-refractivity contribution in [3.8, 4) is 0 Å². The number of halogens is 1. The molecule has 2 amide bonds. The molecule has 2 rings (SSSR count). The minimum absolute atomic E-state index is 0.166. The molecule has 1 N–H and O–H groups in total. The van der Waals surface area contributed by atoms with Crippen molar-refractivity contribution in [1.29, 1.82) is 0 Å². The third-order valence-electron chi connectivity index (χ3n) is 4.25. The molecule has 0 radical (unpaired) electrons. The maximum atomic E-state index is 12.2. The van der Waals surface area contributed by atoms with Crippen molar-refractivity contribution in [2.45, 2.75) is 52.1 Å². The highest BCUT2D eigenvalue weighted by Crippen LogP contribution is 2.34. The number of nitrogens with one attached hydrogen (secondary N) is 1. The standard InChI is InChI=1S/C20H27ClN2O3/c1-13(22-14(2)24)18-12-16(21)6-7-17(18)15-8-10-23(11-9-15)19(25)26-20(3,4)5/h6-7,12,15H,1,8-11H2,2-5H3,(H,22,24). The van der Waals surface area contributed by atoms with Crippen LogP contribution in [0.15, 0.2) is 24.8 Å². The summed E-state index contributed by atoms with van der Waals surface area (Å²) in [5.74, 6) is 0.104. The maximum absolute atomic E-state index is 12.2. The van der Waals surface area contributed by atoms with Crippen molar-refractivity contribution in [1.82, 2.24) is 10.2 Å². The minimum atomic E-state index is -0.493. The first kappa shape index (κ1) is 20.3. The summed E-state index contributed by atoms with van der Waals surface area (Å²) in [6.07, 6.45) is 1.37. The smallest absolute Gasteiger partial charge is 0.410 e. The Kier molecular flexibility index (Phi) is 6.34. The Morgan fingerprint density at radius 1 is 1.27 bits per heavy atom. The van der Waals surface area contributed by atoms with Crippen molar-refractivity contribution in [2.24, 2.45) is 0 Å². The molecular weight excluding hydrogens is 352 g/mol. The number of rotatable bonds is 3. The van der Waals surface area contributed by atoms with E-state index in [2.05, 4.69) is 11.9 Å². The average Bonchev–Trinajstić information content (AvgIpc) is 2.52. The number of hydrogen-bond donors (Lipinski definition) is 1. The molecule has 1 heterocycles. The number of ether oxygens (including phenoxy) is 1. The molecule has 0 saturated carbocycles. The summed E-state index contributed by atoms with van der Waals surface area (Å²) < 4.78 is 5.45. The van der Waals surface area contributed by atoms with Gasteiger partial charge in [-0.3, -0.25) is 4.79 Å². The number of likely N-dealkylation sites (tertiary alicyclic amines) is 1. The van der Waals surface area contributed by atoms with Crippen LogP contribution in [-0.2, 0) is 9.53 Å².